The van der Waals surface area contributed by atoms with Gasteiger partial charge in [-0.2, -0.15) is 0 Å². The number of amides is 1. The Bertz CT molecular complexity index is 717. The molecule has 2 aromatic carbocycles. The van der Waals surface area contributed by atoms with E-state index >= 15 is 0 Å². The molecule has 0 spiro atoms. The van der Waals surface area contributed by atoms with Crippen LogP contribution in [0.1, 0.15) is 18.5 Å². The lowest BCUT2D eigenvalue weighted by molar-refractivity contribution is -0.123. The molecule has 134 valence electrons. The summed E-state index contributed by atoms with van der Waals surface area (Å²) in [4.78, 5) is 12.2. The highest BCUT2D eigenvalue weighted by Crippen LogP contribution is 2.29. The molecule has 1 N–H and O–H groups in total. The minimum Gasteiger partial charge on any atom is -0.497 e. The van der Waals surface area contributed by atoms with E-state index in [-0.39, 0.29) is 18.6 Å². The van der Waals surface area contributed by atoms with Gasteiger partial charge < -0.3 is 24.3 Å². The fourth-order valence-electron chi connectivity index (χ4n) is 2.42. The lowest BCUT2D eigenvalue weighted by Crippen LogP contribution is -2.31. The topological polar surface area (TPSA) is 66.0 Å². The fraction of sp³-hybridized carbons (Fsp3) is 0.316. The molecule has 0 radical (unpaired) electrons. The summed E-state index contributed by atoms with van der Waals surface area (Å²) in [5.41, 5.74) is 0.826. The third-order valence-corrected chi connectivity index (χ3v) is 3.71. The number of benzene rings is 2. The molecule has 0 aliphatic carbocycles. The van der Waals surface area contributed by atoms with Crippen molar-refractivity contribution in [2.45, 2.75) is 13.0 Å². The Hall–Kier alpha value is -2.89. The predicted molar refractivity (Wildman–Crippen MR) is 94.6 cm³/mol. The van der Waals surface area contributed by atoms with E-state index in [9.17, 15) is 4.79 Å². The highest BCUT2D eigenvalue weighted by atomic mass is 16.5. The van der Waals surface area contributed by atoms with E-state index < -0.39 is 0 Å². The molecule has 0 fully saturated rings. The summed E-state index contributed by atoms with van der Waals surface area (Å²) >= 11 is 0. The summed E-state index contributed by atoms with van der Waals surface area (Å²) < 4.78 is 21.3. The predicted octanol–water partition coefficient (Wildman–Crippen LogP) is 2.97. The van der Waals surface area contributed by atoms with Crippen LogP contribution < -0.4 is 24.3 Å². The maximum Gasteiger partial charge on any atom is 0.258 e. The highest BCUT2D eigenvalue weighted by Gasteiger charge is 2.16. The second-order valence-electron chi connectivity index (χ2n) is 5.34. The number of para-hydroxylation sites is 2. The van der Waals surface area contributed by atoms with E-state index in [2.05, 4.69) is 5.32 Å². The van der Waals surface area contributed by atoms with Crippen LogP contribution in [0.25, 0.3) is 0 Å². The second kappa shape index (κ2) is 8.82. The van der Waals surface area contributed by atoms with Crippen molar-refractivity contribution in [2.75, 3.05) is 27.9 Å². The quantitative estimate of drug-likeness (QED) is 0.797. The summed E-state index contributed by atoms with van der Waals surface area (Å²) in [7, 11) is 4.74. The van der Waals surface area contributed by atoms with Crippen LogP contribution in [0.15, 0.2) is 42.5 Å². The molecule has 0 bridgehead atoms. The summed E-state index contributed by atoms with van der Waals surface area (Å²) in [5.74, 6) is 2.23. The summed E-state index contributed by atoms with van der Waals surface area (Å²) in [6.07, 6.45) is 0. The molecule has 1 unspecified atom stereocenters. The van der Waals surface area contributed by atoms with Crippen molar-refractivity contribution in [1.29, 1.82) is 0 Å². The van der Waals surface area contributed by atoms with Gasteiger partial charge in [-0.1, -0.05) is 12.1 Å². The number of nitrogens with one attached hydrogen (secondary N) is 1. The molecule has 0 saturated carbocycles. The first-order valence-corrected chi connectivity index (χ1v) is 7.86. The summed E-state index contributed by atoms with van der Waals surface area (Å²) in [6.45, 7) is 1.76. The Labute approximate surface area is 147 Å². The number of hydrogen-bond donors (Lipinski definition) is 1. The Morgan fingerprint density at radius 2 is 1.64 bits per heavy atom. The Balaban J connectivity index is 2.00. The molecule has 0 saturated heterocycles. The van der Waals surface area contributed by atoms with Crippen molar-refractivity contribution in [3.05, 3.63) is 48.0 Å². The number of rotatable bonds is 8. The largest absolute Gasteiger partial charge is 0.497 e. The van der Waals surface area contributed by atoms with E-state index in [0.717, 1.165) is 5.56 Å². The van der Waals surface area contributed by atoms with E-state index in [1.54, 1.807) is 33.5 Å². The molecule has 0 aliphatic rings. The van der Waals surface area contributed by atoms with Crippen LogP contribution in [0.3, 0.4) is 0 Å². The van der Waals surface area contributed by atoms with Crippen LogP contribution >= 0.6 is 0 Å². The van der Waals surface area contributed by atoms with E-state index in [1.807, 2.05) is 37.3 Å². The lowest BCUT2D eigenvalue weighted by atomic mass is 10.1. The summed E-state index contributed by atoms with van der Waals surface area (Å²) in [5, 5.41) is 2.89. The first kappa shape index (κ1) is 18.4. The molecule has 0 aliphatic heterocycles. The monoisotopic (exact) mass is 345 g/mol. The number of carbonyl (C=O) groups excluding carboxylic acids is 1. The highest BCUT2D eigenvalue weighted by molar-refractivity contribution is 5.78. The SMILES string of the molecule is COc1ccc(OC)c(C(C)NC(=O)COc2ccccc2OC)c1. The van der Waals surface area contributed by atoms with Crippen molar-refractivity contribution in [1.82, 2.24) is 5.32 Å². The minimum atomic E-state index is -0.265. The molecule has 2 rings (SSSR count). The zero-order valence-corrected chi connectivity index (χ0v) is 14.9. The maximum atomic E-state index is 12.2. The molecule has 6 heteroatoms. The van der Waals surface area contributed by atoms with Crippen LogP contribution in [0.5, 0.6) is 23.0 Å². The number of ether oxygens (including phenoxy) is 4. The molecule has 0 heterocycles. The third-order valence-electron chi connectivity index (χ3n) is 3.71. The van der Waals surface area contributed by atoms with Crippen molar-refractivity contribution < 1.29 is 23.7 Å². The maximum absolute atomic E-state index is 12.2. The minimum absolute atomic E-state index is 0.114. The average molecular weight is 345 g/mol. The van der Waals surface area contributed by atoms with Gasteiger partial charge in [0.2, 0.25) is 0 Å². The Morgan fingerprint density at radius 3 is 2.28 bits per heavy atom. The van der Waals surface area contributed by atoms with E-state index in [4.69, 9.17) is 18.9 Å². The summed E-state index contributed by atoms with van der Waals surface area (Å²) in [6, 6.07) is 12.4. The third kappa shape index (κ3) is 4.79. The molecule has 6 nitrogen and oxygen atoms in total. The van der Waals surface area contributed by atoms with Crippen LogP contribution in [0.4, 0.5) is 0 Å². The fourth-order valence-corrected chi connectivity index (χ4v) is 2.42. The number of carbonyl (C=O) groups is 1. The van der Waals surface area contributed by atoms with E-state index in [1.165, 1.54) is 0 Å². The smallest absolute Gasteiger partial charge is 0.258 e. The van der Waals surface area contributed by atoms with Crippen LogP contribution in [-0.2, 0) is 4.79 Å². The van der Waals surface area contributed by atoms with Gasteiger partial charge in [0, 0.05) is 5.56 Å². The van der Waals surface area contributed by atoms with Gasteiger partial charge in [0.15, 0.2) is 18.1 Å². The molecule has 25 heavy (non-hydrogen) atoms. The lowest BCUT2D eigenvalue weighted by Gasteiger charge is -2.18. The van der Waals surface area contributed by atoms with Gasteiger partial charge in [0.1, 0.15) is 11.5 Å². The zero-order valence-electron chi connectivity index (χ0n) is 14.9. The second-order valence-corrected chi connectivity index (χ2v) is 5.34. The zero-order chi connectivity index (χ0) is 18.2. The normalized spacial score (nSPS) is 11.4. The molecule has 1 amide bonds. The van der Waals surface area contributed by atoms with Gasteiger partial charge in [0.05, 0.1) is 27.4 Å². The standard InChI is InChI=1S/C19H23NO5/c1-13(15-11-14(22-2)9-10-16(15)23-3)20-19(21)12-25-18-8-6-5-7-17(18)24-4/h5-11,13H,12H2,1-4H3,(H,20,21). The van der Waals surface area contributed by atoms with Crippen molar-refractivity contribution in [2.24, 2.45) is 0 Å². The molecule has 1 atom stereocenters. The Kier molecular flexibility index (Phi) is 6.51. The Morgan fingerprint density at radius 1 is 0.960 bits per heavy atom. The molecule has 2 aromatic rings. The van der Waals surface area contributed by atoms with Crippen molar-refractivity contribution in [3.8, 4) is 23.0 Å². The molecule has 0 aromatic heterocycles. The van der Waals surface area contributed by atoms with Crippen molar-refractivity contribution >= 4 is 5.91 Å². The molecular formula is C19H23NO5. The van der Waals surface area contributed by atoms with Crippen LogP contribution in [0, 0.1) is 0 Å². The van der Waals surface area contributed by atoms with Gasteiger partial charge >= 0.3 is 0 Å². The first-order chi connectivity index (χ1) is 12.1. The molecular weight excluding hydrogens is 322 g/mol. The van der Waals surface area contributed by atoms with Gasteiger partial charge in [-0.05, 0) is 37.3 Å². The van der Waals surface area contributed by atoms with E-state index in [0.29, 0.717) is 23.0 Å². The average Bonchev–Trinajstić information content (AvgIpc) is 2.65. The van der Waals surface area contributed by atoms with Gasteiger partial charge in [-0.3, -0.25) is 4.79 Å². The first-order valence-electron chi connectivity index (χ1n) is 7.86. The van der Waals surface area contributed by atoms with Crippen LogP contribution in [0.2, 0.25) is 0 Å². The van der Waals surface area contributed by atoms with Gasteiger partial charge in [-0.25, -0.2) is 0 Å². The van der Waals surface area contributed by atoms with Gasteiger partial charge in [0.25, 0.3) is 5.91 Å². The van der Waals surface area contributed by atoms with Crippen molar-refractivity contribution in [3.63, 3.8) is 0 Å². The number of hydrogen-bond acceptors (Lipinski definition) is 5. The number of methoxy groups -OCH3 is 3. The van der Waals surface area contributed by atoms with Crippen LogP contribution in [-0.4, -0.2) is 33.8 Å². The van der Waals surface area contributed by atoms with Gasteiger partial charge in [-0.15, -0.1) is 0 Å².